The lowest BCUT2D eigenvalue weighted by atomic mass is 9.68. The molecule has 3 unspecified atom stereocenters. The van der Waals surface area contributed by atoms with Crippen LogP contribution in [0.3, 0.4) is 0 Å². The molecule has 3 N–H and O–H groups in total. The highest BCUT2D eigenvalue weighted by molar-refractivity contribution is 5.99. The van der Waals surface area contributed by atoms with Crippen molar-refractivity contribution >= 4 is 17.7 Å². The van der Waals surface area contributed by atoms with Crippen LogP contribution in [0.25, 0.3) is 0 Å². The number of nitrogens with one attached hydrogen (secondary N) is 1. The monoisotopic (exact) mass is 396 g/mol. The smallest absolute Gasteiger partial charge is 0.307 e. The van der Waals surface area contributed by atoms with Crippen LogP contribution in [-0.2, 0) is 19.1 Å². The molecule has 1 amide bonds. The number of unbranched alkanes of at least 4 members (excludes halogenated alkanes) is 4. The van der Waals surface area contributed by atoms with Gasteiger partial charge in [-0.05, 0) is 39.5 Å². The van der Waals surface area contributed by atoms with E-state index >= 15 is 0 Å². The largest absolute Gasteiger partial charge is 0.469 e. The second-order valence-corrected chi connectivity index (χ2v) is 8.93. The van der Waals surface area contributed by atoms with E-state index in [1.165, 1.54) is 20.0 Å². The van der Waals surface area contributed by atoms with E-state index in [1.54, 1.807) is 0 Å². The fourth-order valence-corrected chi connectivity index (χ4v) is 4.20. The summed E-state index contributed by atoms with van der Waals surface area (Å²) in [7, 11) is 1.28. The normalized spacial score (nSPS) is 22.1. The lowest BCUT2D eigenvalue weighted by molar-refractivity contribution is -0.150. The molecule has 6 heteroatoms. The molecule has 28 heavy (non-hydrogen) atoms. The Labute approximate surface area is 170 Å². The number of rotatable bonds is 12. The first kappa shape index (κ1) is 24.6. The molecular formula is C22H40N2O4. The van der Waals surface area contributed by atoms with Gasteiger partial charge < -0.3 is 15.8 Å². The Hall–Kier alpha value is -1.43. The molecule has 0 saturated carbocycles. The maximum atomic E-state index is 13.5. The van der Waals surface area contributed by atoms with Crippen LogP contribution in [0.5, 0.6) is 0 Å². The summed E-state index contributed by atoms with van der Waals surface area (Å²) in [6.45, 7) is 8.04. The highest BCUT2D eigenvalue weighted by Gasteiger charge is 2.51. The van der Waals surface area contributed by atoms with Crippen LogP contribution >= 0.6 is 0 Å². The maximum absolute atomic E-state index is 13.5. The summed E-state index contributed by atoms with van der Waals surface area (Å²) in [5.74, 6) is -1.91. The topological polar surface area (TPSA) is 98.5 Å². The van der Waals surface area contributed by atoms with Crippen molar-refractivity contribution in [2.45, 2.75) is 103 Å². The Morgan fingerprint density at radius 2 is 1.89 bits per heavy atom. The lowest BCUT2D eigenvalue weighted by Gasteiger charge is -2.43. The summed E-state index contributed by atoms with van der Waals surface area (Å²) >= 11 is 0. The zero-order valence-electron chi connectivity index (χ0n) is 18.4. The van der Waals surface area contributed by atoms with Crippen molar-refractivity contribution in [3.05, 3.63) is 0 Å². The molecule has 1 aliphatic rings. The third kappa shape index (κ3) is 6.57. The van der Waals surface area contributed by atoms with Crippen molar-refractivity contribution in [1.82, 2.24) is 5.32 Å². The minimum atomic E-state index is -1.52. The molecule has 0 aromatic rings. The summed E-state index contributed by atoms with van der Waals surface area (Å²) in [4.78, 5) is 38.3. The fourth-order valence-electron chi connectivity index (χ4n) is 4.20. The summed E-state index contributed by atoms with van der Waals surface area (Å²) in [5, 5.41) is 2.96. The van der Waals surface area contributed by atoms with E-state index < -0.39 is 17.4 Å². The average Bonchev–Trinajstić information content (AvgIpc) is 2.63. The molecule has 0 radical (unpaired) electrons. The number of methoxy groups -OCH3 is 1. The van der Waals surface area contributed by atoms with Crippen molar-refractivity contribution in [2.24, 2.45) is 17.6 Å². The Morgan fingerprint density at radius 1 is 1.25 bits per heavy atom. The van der Waals surface area contributed by atoms with Crippen molar-refractivity contribution in [3.63, 3.8) is 0 Å². The predicted molar refractivity (Wildman–Crippen MR) is 111 cm³/mol. The Morgan fingerprint density at radius 3 is 2.43 bits per heavy atom. The second kappa shape index (κ2) is 10.9. The van der Waals surface area contributed by atoms with Gasteiger partial charge in [0.25, 0.3) is 0 Å². The average molecular weight is 397 g/mol. The van der Waals surface area contributed by atoms with Crippen LogP contribution < -0.4 is 11.1 Å². The number of ketones is 1. The van der Waals surface area contributed by atoms with Crippen LogP contribution in [0.1, 0.15) is 91.9 Å². The molecule has 0 bridgehead atoms. The lowest BCUT2D eigenvalue weighted by Crippen LogP contribution is -2.65. The molecule has 6 nitrogen and oxygen atoms in total. The van der Waals surface area contributed by atoms with Crippen molar-refractivity contribution in [1.29, 1.82) is 0 Å². The molecular weight excluding hydrogens is 356 g/mol. The number of Topliss-reactive ketones (excluding diaryl/α,β-unsaturated/α-hetero) is 1. The first-order chi connectivity index (χ1) is 13.1. The third-order valence-corrected chi connectivity index (χ3v) is 6.10. The van der Waals surface area contributed by atoms with Gasteiger partial charge in [-0.1, -0.05) is 46.0 Å². The Balaban J connectivity index is 2.98. The first-order valence-corrected chi connectivity index (χ1v) is 10.8. The molecule has 3 atom stereocenters. The second-order valence-electron chi connectivity index (χ2n) is 8.93. The fraction of sp³-hybridized carbons (Fsp3) is 0.864. The SMILES string of the molecule is CCCCCCCC(CC)C(=O)C(N)(CC(=O)OC)C1CCC(C)(C)NC1=O. The number of amides is 1. The third-order valence-electron chi connectivity index (χ3n) is 6.10. The predicted octanol–water partition coefficient (Wildman–Crippen LogP) is 3.51. The van der Waals surface area contributed by atoms with Crippen molar-refractivity contribution in [3.8, 4) is 0 Å². The number of hydrogen-bond acceptors (Lipinski definition) is 5. The van der Waals surface area contributed by atoms with E-state index in [9.17, 15) is 14.4 Å². The van der Waals surface area contributed by atoms with Gasteiger partial charge in [-0.2, -0.15) is 0 Å². The van der Waals surface area contributed by atoms with Gasteiger partial charge >= 0.3 is 5.97 Å². The summed E-state index contributed by atoms with van der Waals surface area (Å²) in [6, 6.07) is 0. The summed E-state index contributed by atoms with van der Waals surface area (Å²) < 4.78 is 4.80. The van der Waals surface area contributed by atoms with E-state index in [2.05, 4.69) is 12.2 Å². The van der Waals surface area contributed by atoms with Crippen LogP contribution in [0.15, 0.2) is 0 Å². The van der Waals surface area contributed by atoms with Gasteiger partial charge in [0, 0.05) is 11.5 Å². The molecule has 1 rings (SSSR count). The number of hydrogen-bond donors (Lipinski definition) is 2. The molecule has 0 aliphatic carbocycles. The van der Waals surface area contributed by atoms with Crippen LogP contribution in [-0.4, -0.2) is 35.8 Å². The van der Waals surface area contributed by atoms with E-state index in [4.69, 9.17) is 10.5 Å². The molecule has 0 aromatic carbocycles. The van der Waals surface area contributed by atoms with Crippen LogP contribution in [0.4, 0.5) is 0 Å². The summed E-state index contributed by atoms with van der Waals surface area (Å²) in [5.41, 5.74) is 4.75. The minimum Gasteiger partial charge on any atom is -0.469 e. The van der Waals surface area contributed by atoms with Crippen LogP contribution in [0.2, 0.25) is 0 Å². The van der Waals surface area contributed by atoms with Gasteiger partial charge in [0.05, 0.1) is 25.0 Å². The molecule has 0 aromatic heterocycles. The first-order valence-electron chi connectivity index (χ1n) is 10.8. The van der Waals surface area contributed by atoms with Crippen molar-refractivity contribution < 1.29 is 19.1 Å². The number of piperidine rings is 1. The molecule has 1 heterocycles. The zero-order chi connectivity index (χ0) is 21.4. The number of nitrogens with two attached hydrogens (primary N) is 1. The van der Waals surface area contributed by atoms with E-state index in [-0.39, 0.29) is 29.6 Å². The highest BCUT2D eigenvalue weighted by atomic mass is 16.5. The number of carbonyl (C=O) groups is 3. The van der Waals surface area contributed by atoms with Gasteiger partial charge in [-0.3, -0.25) is 14.4 Å². The van der Waals surface area contributed by atoms with Gasteiger partial charge in [0.15, 0.2) is 5.78 Å². The number of esters is 1. The van der Waals surface area contributed by atoms with E-state index in [0.717, 1.165) is 25.7 Å². The zero-order valence-corrected chi connectivity index (χ0v) is 18.4. The van der Waals surface area contributed by atoms with Crippen LogP contribution in [0, 0.1) is 11.8 Å². The maximum Gasteiger partial charge on any atom is 0.307 e. The molecule has 1 fully saturated rings. The van der Waals surface area contributed by atoms with E-state index in [0.29, 0.717) is 19.3 Å². The number of ether oxygens (including phenoxy) is 1. The minimum absolute atomic E-state index is 0.171. The quantitative estimate of drug-likeness (QED) is 0.388. The summed E-state index contributed by atoms with van der Waals surface area (Å²) in [6.07, 6.45) is 7.94. The molecule has 0 spiro atoms. The Bertz CT molecular complexity index is 547. The van der Waals surface area contributed by atoms with Gasteiger partial charge in [-0.25, -0.2) is 0 Å². The molecule has 162 valence electrons. The standard InChI is InChI=1S/C22H40N2O4/c1-6-8-9-10-11-12-16(7-2)19(26)22(23,15-18(25)28-5)17-13-14-21(3,4)24-20(17)27/h16-17H,6-15,23H2,1-5H3,(H,24,27). The van der Waals surface area contributed by atoms with Gasteiger partial charge in [-0.15, -0.1) is 0 Å². The Kier molecular flexibility index (Phi) is 9.61. The van der Waals surface area contributed by atoms with Gasteiger partial charge in [0.1, 0.15) is 0 Å². The van der Waals surface area contributed by atoms with Crippen molar-refractivity contribution in [2.75, 3.05) is 7.11 Å². The molecule has 1 aliphatic heterocycles. The molecule has 1 saturated heterocycles. The highest BCUT2D eigenvalue weighted by Crippen LogP contribution is 2.35. The van der Waals surface area contributed by atoms with Gasteiger partial charge in [0.2, 0.25) is 5.91 Å². The van der Waals surface area contributed by atoms with E-state index in [1.807, 2.05) is 20.8 Å². The number of carbonyl (C=O) groups excluding carboxylic acids is 3.